The summed E-state index contributed by atoms with van der Waals surface area (Å²) in [6.45, 7) is 4.62. The fourth-order valence-corrected chi connectivity index (χ4v) is 2.83. The molecule has 0 aliphatic heterocycles. The lowest BCUT2D eigenvalue weighted by Crippen LogP contribution is -2.44. The van der Waals surface area contributed by atoms with Crippen molar-refractivity contribution in [2.75, 3.05) is 21.1 Å². The van der Waals surface area contributed by atoms with Crippen molar-refractivity contribution in [3.63, 3.8) is 0 Å². The summed E-state index contributed by atoms with van der Waals surface area (Å²) in [5.74, 6) is 0. The van der Waals surface area contributed by atoms with Crippen LogP contribution in [-0.4, -0.2) is 31.7 Å². The molecule has 0 spiro atoms. The quantitative estimate of drug-likeness (QED) is 0.324. The topological polar surface area (TPSA) is 0 Å². The van der Waals surface area contributed by atoms with E-state index in [1.54, 1.807) is 0 Å². The minimum absolute atomic E-state index is 0.856. The molecule has 0 amide bonds. The first-order chi connectivity index (χ1) is 8.52. The first kappa shape index (κ1) is 18.0. The van der Waals surface area contributed by atoms with Gasteiger partial charge < -0.3 is 4.48 Å². The average Bonchev–Trinajstić information content (AvgIpc) is 2.30. The molecule has 0 aliphatic carbocycles. The van der Waals surface area contributed by atoms with Crippen molar-refractivity contribution in [1.82, 2.24) is 0 Å². The Balaban J connectivity index is 3.34. The predicted octanol–water partition coefficient (Wildman–Crippen LogP) is 5.39. The molecule has 0 fully saturated rings. The van der Waals surface area contributed by atoms with Gasteiger partial charge >= 0.3 is 0 Å². The van der Waals surface area contributed by atoms with Crippen molar-refractivity contribution >= 4 is 0 Å². The summed E-state index contributed by atoms with van der Waals surface area (Å²) in [7, 11) is 7.01. The van der Waals surface area contributed by atoms with Crippen LogP contribution >= 0.6 is 0 Å². The third-order valence-corrected chi connectivity index (χ3v) is 4.21. The van der Waals surface area contributed by atoms with Crippen LogP contribution in [0.4, 0.5) is 0 Å². The van der Waals surface area contributed by atoms with E-state index >= 15 is 0 Å². The van der Waals surface area contributed by atoms with Gasteiger partial charge in [-0.2, -0.15) is 0 Å². The minimum atomic E-state index is 0.856. The van der Waals surface area contributed by atoms with Gasteiger partial charge in [0.05, 0.1) is 27.2 Å². The SMILES string of the molecule is CCCCCCCCCCCC(CC)[N+](C)(C)C. The highest BCUT2D eigenvalue weighted by Gasteiger charge is 2.20. The summed E-state index contributed by atoms with van der Waals surface area (Å²) in [5, 5.41) is 0. The van der Waals surface area contributed by atoms with Gasteiger partial charge in [0.1, 0.15) is 0 Å². The molecule has 0 aromatic rings. The van der Waals surface area contributed by atoms with Gasteiger partial charge in [-0.25, -0.2) is 0 Å². The maximum atomic E-state index is 2.34. The van der Waals surface area contributed by atoms with E-state index in [0.717, 1.165) is 10.5 Å². The molecule has 0 aromatic heterocycles. The van der Waals surface area contributed by atoms with Gasteiger partial charge in [-0.1, -0.05) is 65.2 Å². The Morgan fingerprint density at radius 3 is 1.50 bits per heavy atom. The molecule has 0 N–H and O–H groups in total. The molecule has 0 aromatic carbocycles. The molecule has 1 atom stereocenters. The summed E-state index contributed by atoms with van der Waals surface area (Å²) in [5.41, 5.74) is 0. The van der Waals surface area contributed by atoms with Gasteiger partial charge in [-0.3, -0.25) is 0 Å². The molecule has 110 valence electrons. The van der Waals surface area contributed by atoms with Crippen LogP contribution in [0.15, 0.2) is 0 Å². The minimum Gasteiger partial charge on any atom is -0.328 e. The van der Waals surface area contributed by atoms with Crippen molar-refractivity contribution < 1.29 is 4.48 Å². The Labute approximate surface area is 117 Å². The highest BCUT2D eigenvalue weighted by molar-refractivity contribution is 4.56. The van der Waals surface area contributed by atoms with E-state index in [1.807, 2.05) is 0 Å². The lowest BCUT2D eigenvalue weighted by atomic mass is 10.0. The second-order valence-electron chi connectivity index (χ2n) is 6.80. The lowest BCUT2D eigenvalue weighted by Gasteiger charge is -2.33. The predicted molar refractivity (Wildman–Crippen MR) is 84.0 cm³/mol. The largest absolute Gasteiger partial charge is 0.328 e. The van der Waals surface area contributed by atoms with E-state index in [4.69, 9.17) is 0 Å². The van der Waals surface area contributed by atoms with Crippen LogP contribution in [0, 0.1) is 0 Å². The molecule has 0 heterocycles. The summed E-state index contributed by atoms with van der Waals surface area (Å²) in [6, 6.07) is 0.856. The van der Waals surface area contributed by atoms with Crippen molar-refractivity contribution in [2.45, 2.75) is 90.5 Å². The van der Waals surface area contributed by atoms with Crippen LogP contribution in [0.25, 0.3) is 0 Å². The standard InChI is InChI=1S/C17H38N/c1-6-8-9-10-11-12-13-14-15-16-17(7-2)18(3,4)5/h17H,6-16H2,1-5H3/q+1. The maximum absolute atomic E-state index is 2.34. The van der Waals surface area contributed by atoms with E-state index in [1.165, 1.54) is 70.6 Å². The molecule has 1 heteroatoms. The number of unbranched alkanes of at least 4 members (excludes halogenated alkanes) is 8. The summed E-state index contributed by atoms with van der Waals surface area (Å²) in [4.78, 5) is 0. The van der Waals surface area contributed by atoms with Crippen molar-refractivity contribution in [1.29, 1.82) is 0 Å². The Morgan fingerprint density at radius 1 is 0.667 bits per heavy atom. The highest BCUT2D eigenvalue weighted by Crippen LogP contribution is 2.17. The van der Waals surface area contributed by atoms with E-state index in [0.29, 0.717) is 0 Å². The van der Waals surface area contributed by atoms with Gasteiger partial charge in [0.15, 0.2) is 0 Å². The molecular formula is C17H38N+. The zero-order valence-corrected chi connectivity index (χ0v) is 13.8. The average molecular weight is 256 g/mol. The third-order valence-electron chi connectivity index (χ3n) is 4.21. The zero-order chi connectivity index (χ0) is 13.9. The van der Waals surface area contributed by atoms with Gasteiger partial charge in [0.2, 0.25) is 0 Å². The second-order valence-corrected chi connectivity index (χ2v) is 6.80. The van der Waals surface area contributed by atoms with Gasteiger partial charge in [0.25, 0.3) is 0 Å². The Kier molecular flexibility index (Phi) is 10.8. The zero-order valence-electron chi connectivity index (χ0n) is 13.8. The Morgan fingerprint density at radius 2 is 1.11 bits per heavy atom. The van der Waals surface area contributed by atoms with Gasteiger partial charge in [-0.05, 0) is 19.3 Å². The third kappa shape index (κ3) is 9.94. The first-order valence-electron chi connectivity index (χ1n) is 8.33. The monoisotopic (exact) mass is 256 g/mol. The molecule has 18 heavy (non-hydrogen) atoms. The molecule has 0 bridgehead atoms. The lowest BCUT2D eigenvalue weighted by molar-refractivity contribution is -0.896. The van der Waals surface area contributed by atoms with Crippen LogP contribution in [0.1, 0.15) is 84.5 Å². The first-order valence-corrected chi connectivity index (χ1v) is 8.33. The fraction of sp³-hybridized carbons (Fsp3) is 1.00. The number of nitrogens with zero attached hydrogens (tertiary/aromatic N) is 1. The summed E-state index contributed by atoms with van der Waals surface area (Å²) < 4.78 is 1.13. The Hall–Kier alpha value is -0.0400. The van der Waals surface area contributed by atoms with Crippen LogP contribution in [-0.2, 0) is 0 Å². The maximum Gasteiger partial charge on any atom is 0.0881 e. The van der Waals surface area contributed by atoms with Crippen LogP contribution in [0.3, 0.4) is 0 Å². The number of hydrogen-bond acceptors (Lipinski definition) is 0. The smallest absolute Gasteiger partial charge is 0.0881 e. The Bertz CT molecular complexity index is 169. The van der Waals surface area contributed by atoms with Crippen LogP contribution in [0.5, 0.6) is 0 Å². The van der Waals surface area contributed by atoms with Gasteiger partial charge in [-0.15, -0.1) is 0 Å². The number of quaternary nitrogens is 1. The molecular weight excluding hydrogens is 218 g/mol. The molecule has 0 rings (SSSR count). The molecule has 0 aliphatic rings. The second kappa shape index (κ2) is 10.8. The molecule has 1 nitrogen and oxygen atoms in total. The molecule has 1 unspecified atom stereocenters. The number of hydrogen-bond donors (Lipinski definition) is 0. The van der Waals surface area contributed by atoms with Crippen molar-refractivity contribution in [2.24, 2.45) is 0 Å². The highest BCUT2D eigenvalue weighted by atomic mass is 15.3. The summed E-state index contributed by atoms with van der Waals surface area (Å²) in [6.07, 6.45) is 15.7. The van der Waals surface area contributed by atoms with E-state index in [9.17, 15) is 0 Å². The van der Waals surface area contributed by atoms with E-state index in [-0.39, 0.29) is 0 Å². The molecule has 0 radical (unpaired) electrons. The molecule has 0 saturated carbocycles. The summed E-state index contributed by atoms with van der Waals surface area (Å²) >= 11 is 0. The molecule has 0 saturated heterocycles. The van der Waals surface area contributed by atoms with E-state index < -0.39 is 0 Å². The van der Waals surface area contributed by atoms with Crippen LogP contribution in [0.2, 0.25) is 0 Å². The fourth-order valence-electron chi connectivity index (χ4n) is 2.83. The van der Waals surface area contributed by atoms with Crippen molar-refractivity contribution in [3.05, 3.63) is 0 Å². The van der Waals surface area contributed by atoms with Gasteiger partial charge in [0, 0.05) is 0 Å². The number of rotatable bonds is 12. The van der Waals surface area contributed by atoms with Crippen molar-refractivity contribution in [3.8, 4) is 0 Å². The normalized spacial score (nSPS) is 13.8. The van der Waals surface area contributed by atoms with E-state index in [2.05, 4.69) is 35.0 Å². The van der Waals surface area contributed by atoms with Crippen LogP contribution < -0.4 is 0 Å².